The number of pyridine rings is 1. The van der Waals surface area contributed by atoms with E-state index in [0.717, 1.165) is 12.1 Å². The minimum absolute atomic E-state index is 0.117. The molecule has 0 N–H and O–H groups in total. The Labute approximate surface area is 95.6 Å². The second kappa shape index (κ2) is 4.93. The zero-order valence-electron chi connectivity index (χ0n) is 9.00. The quantitative estimate of drug-likeness (QED) is 0.783. The Morgan fingerprint density at radius 2 is 2.31 bits per heavy atom. The van der Waals surface area contributed by atoms with Crippen molar-refractivity contribution in [1.82, 2.24) is 4.98 Å². The molecule has 5 heteroatoms. The first-order chi connectivity index (χ1) is 7.66. The number of rotatable bonds is 4. The van der Waals surface area contributed by atoms with Crippen molar-refractivity contribution in [3.63, 3.8) is 0 Å². The number of sulfone groups is 1. The van der Waals surface area contributed by atoms with E-state index in [1.165, 1.54) is 0 Å². The highest BCUT2D eigenvalue weighted by molar-refractivity contribution is 7.91. The Morgan fingerprint density at radius 3 is 2.94 bits per heavy atom. The van der Waals surface area contributed by atoms with E-state index in [1.54, 1.807) is 6.20 Å². The predicted molar refractivity (Wildman–Crippen MR) is 61.0 cm³/mol. The van der Waals surface area contributed by atoms with E-state index < -0.39 is 9.84 Å². The van der Waals surface area contributed by atoms with Gasteiger partial charge in [0.15, 0.2) is 9.84 Å². The summed E-state index contributed by atoms with van der Waals surface area (Å²) in [5, 5.41) is 0. The lowest BCUT2D eigenvalue weighted by atomic mass is 10.3. The topological polar surface area (TPSA) is 56.3 Å². The Morgan fingerprint density at radius 1 is 1.44 bits per heavy atom. The third-order valence-electron chi connectivity index (χ3n) is 2.63. The Bertz CT molecular complexity index is 430. The SMILES string of the molecule is O=S1(=O)CCC(OCCc2ccccn2)C1. The minimum atomic E-state index is -2.83. The van der Waals surface area contributed by atoms with Gasteiger partial charge in [0.2, 0.25) is 0 Å². The van der Waals surface area contributed by atoms with Gasteiger partial charge in [-0.05, 0) is 18.6 Å². The molecule has 0 amide bonds. The van der Waals surface area contributed by atoms with Gasteiger partial charge in [-0.15, -0.1) is 0 Å². The molecule has 1 aliphatic heterocycles. The smallest absolute Gasteiger partial charge is 0.152 e. The zero-order valence-corrected chi connectivity index (χ0v) is 9.82. The highest BCUT2D eigenvalue weighted by atomic mass is 32.2. The van der Waals surface area contributed by atoms with Crippen molar-refractivity contribution in [1.29, 1.82) is 0 Å². The lowest BCUT2D eigenvalue weighted by Crippen LogP contribution is -2.16. The molecule has 0 radical (unpaired) electrons. The van der Waals surface area contributed by atoms with Crippen LogP contribution < -0.4 is 0 Å². The van der Waals surface area contributed by atoms with E-state index in [0.29, 0.717) is 13.0 Å². The van der Waals surface area contributed by atoms with Gasteiger partial charge >= 0.3 is 0 Å². The molecule has 1 aromatic rings. The lowest BCUT2D eigenvalue weighted by Gasteiger charge is -2.09. The maximum atomic E-state index is 11.2. The predicted octanol–water partition coefficient (Wildman–Crippen LogP) is 0.828. The lowest BCUT2D eigenvalue weighted by molar-refractivity contribution is 0.0729. The van der Waals surface area contributed by atoms with E-state index in [1.807, 2.05) is 18.2 Å². The maximum absolute atomic E-state index is 11.2. The van der Waals surface area contributed by atoms with Gasteiger partial charge < -0.3 is 4.74 Å². The first kappa shape index (κ1) is 11.5. The van der Waals surface area contributed by atoms with Crippen LogP contribution in [0.1, 0.15) is 12.1 Å². The molecule has 1 unspecified atom stereocenters. The highest BCUT2D eigenvalue weighted by Crippen LogP contribution is 2.14. The molecule has 2 rings (SSSR count). The van der Waals surface area contributed by atoms with E-state index in [4.69, 9.17) is 4.74 Å². The van der Waals surface area contributed by atoms with Crippen molar-refractivity contribution in [2.75, 3.05) is 18.1 Å². The monoisotopic (exact) mass is 241 g/mol. The average Bonchev–Trinajstić information content (AvgIpc) is 2.60. The number of hydrogen-bond acceptors (Lipinski definition) is 4. The van der Waals surface area contributed by atoms with Crippen LogP contribution >= 0.6 is 0 Å². The van der Waals surface area contributed by atoms with Crippen LogP contribution in [0.25, 0.3) is 0 Å². The van der Waals surface area contributed by atoms with Crippen molar-refractivity contribution >= 4 is 9.84 Å². The van der Waals surface area contributed by atoms with Crippen molar-refractivity contribution in [2.24, 2.45) is 0 Å². The second-order valence-corrected chi connectivity index (χ2v) is 6.20. The first-order valence-corrected chi connectivity index (χ1v) is 7.20. The number of hydrogen-bond donors (Lipinski definition) is 0. The molecular weight excluding hydrogens is 226 g/mol. The summed E-state index contributed by atoms with van der Waals surface area (Å²) in [6, 6.07) is 5.74. The molecule has 1 aliphatic rings. The molecule has 0 bridgehead atoms. The summed E-state index contributed by atoms with van der Waals surface area (Å²) in [4.78, 5) is 4.17. The summed E-state index contributed by atoms with van der Waals surface area (Å²) in [6.45, 7) is 0.539. The third-order valence-corrected chi connectivity index (χ3v) is 4.37. The molecule has 1 aromatic heterocycles. The fourth-order valence-electron chi connectivity index (χ4n) is 1.77. The third kappa shape index (κ3) is 3.28. The molecule has 1 atom stereocenters. The molecule has 0 aliphatic carbocycles. The molecule has 0 spiro atoms. The molecule has 1 fully saturated rings. The first-order valence-electron chi connectivity index (χ1n) is 5.38. The van der Waals surface area contributed by atoms with Crippen LogP contribution in [0.5, 0.6) is 0 Å². The maximum Gasteiger partial charge on any atom is 0.152 e. The molecule has 4 nitrogen and oxygen atoms in total. The van der Waals surface area contributed by atoms with Gasteiger partial charge in [0.05, 0.1) is 24.2 Å². The second-order valence-electron chi connectivity index (χ2n) is 3.97. The largest absolute Gasteiger partial charge is 0.377 e. The van der Waals surface area contributed by atoms with Crippen LogP contribution in [0.2, 0.25) is 0 Å². The summed E-state index contributed by atoms with van der Waals surface area (Å²) in [6.07, 6.45) is 2.99. The van der Waals surface area contributed by atoms with Crippen LogP contribution in [0.4, 0.5) is 0 Å². The van der Waals surface area contributed by atoms with E-state index in [-0.39, 0.29) is 17.6 Å². The van der Waals surface area contributed by atoms with Crippen LogP contribution in [0.3, 0.4) is 0 Å². The summed E-state index contributed by atoms with van der Waals surface area (Å²) >= 11 is 0. The van der Waals surface area contributed by atoms with Crippen molar-refractivity contribution in [3.8, 4) is 0 Å². The summed E-state index contributed by atoms with van der Waals surface area (Å²) in [5.41, 5.74) is 0.975. The Balaban J connectivity index is 1.74. The van der Waals surface area contributed by atoms with Gasteiger partial charge in [0, 0.05) is 18.3 Å². The number of ether oxygens (including phenoxy) is 1. The Hall–Kier alpha value is -0.940. The summed E-state index contributed by atoms with van der Waals surface area (Å²) < 4.78 is 27.9. The van der Waals surface area contributed by atoms with Gasteiger partial charge in [-0.25, -0.2) is 8.42 Å². The van der Waals surface area contributed by atoms with Gasteiger partial charge in [0.1, 0.15) is 0 Å². The van der Waals surface area contributed by atoms with Gasteiger partial charge in [-0.2, -0.15) is 0 Å². The molecular formula is C11H15NO3S. The standard InChI is InChI=1S/C11H15NO3S/c13-16(14)8-5-11(9-16)15-7-4-10-3-1-2-6-12-10/h1-3,6,11H,4-5,7-9H2. The number of aromatic nitrogens is 1. The van der Waals surface area contributed by atoms with Crippen molar-refractivity contribution in [2.45, 2.75) is 18.9 Å². The van der Waals surface area contributed by atoms with Gasteiger partial charge in [-0.1, -0.05) is 6.07 Å². The highest BCUT2D eigenvalue weighted by Gasteiger charge is 2.28. The fourth-order valence-corrected chi connectivity index (χ4v) is 3.39. The van der Waals surface area contributed by atoms with Gasteiger partial charge in [-0.3, -0.25) is 4.98 Å². The molecule has 16 heavy (non-hydrogen) atoms. The van der Waals surface area contributed by atoms with Crippen LogP contribution in [0.15, 0.2) is 24.4 Å². The molecule has 2 heterocycles. The van der Waals surface area contributed by atoms with E-state index in [9.17, 15) is 8.42 Å². The normalized spacial score (nSPS) is 23.4. The summed E-state index contributed by atoms with van der Waals surface area (Å²) in [7, 11) is -2.83. The average molecular weight is 241 g/mol. The van der Waals surface area contributed by atoms with Crippen molar-refractivity contribution < 1.29 is 13.2 Å². The van der Waals surface area contributed by atoms with Crippen LogP contribution in [-0.4, -0.2) is 37.6 Å². The molecule has 0 saturated carbocycles. The summed E-state index contributed by atoms with van der Waals surface area (Å²) in [5.74, 6) is 0.441. The number of nitrogens with zero attached hydrogens (tertiary/aromatic N) is 1. The molecule has 0 aromatic carbocycles. The van der Waals surface area contributed by atoms with Crippen molar-refractivity contribution in [3.05, 3.63) is 30.1 Å². The zero-order chi connectivity index (χ0) is 11.4. The van der Waals surface area contributed by atoms with E-state index >= 15 is 0 Å². The Kier molecular flexibility index (Phi) is 3.56. The minimum Gasteiger partial charge on any atom is -0.377 e. The molecule has 88 valence electrons. The van der Waals surface area contributed by atoms with Crippen LogP contribution in [0, 0.1) is 0 Å². The van der Waals surface area contributed by atoms with Crippen LogP contribution in [-0.2, 0) is 21.0 Å². The molecule has 1 saturated heterocycles. The fraction of sp³-hybridized carbons (Fsp3) is 0.545. The van der Waals surface area contributed by atoms with Gasteiger partial charge in [0.25, 0.3) is 0 Å². The van der Waals surface area contributed by atoms with E-state index in [2.05, 4.69) is 4.98 Å².